The third-order valence-electron chi connectivity index (χ3n) is 8.10. The quantitative estimate of drug-likeness (QED) is 0.487. The minimum absolute atomic E-state index is 0. The molecule has 0 spiro atoms. The van der Waals surface area contributed by atoms with E-state index in [2.05, 4.69) is 30.1 Å². The predicted octanol–water partition coefficient (Wildman–Crippen LogP) is 4.68. The van der Waals surface area contributed by atoms with Gasteiger partial charge in [-0.25, -0.2) is 0 Å². The summed E-state index contributed by atoms with van der Waals surface area (Å²) in [6, 6.07) is 7.68. The van der Waals surface area contributed by atoms with Crippen LogP contribution in [0.15, 0.2) is 24.3 Å². The number of nitrogens with one attached hydrogen (secondary N) is 1. The highest BCUT2D eigenvalue weighted by molar-refractivity contribution is 5.85. The molecule has 1 aromatic rings. The van der Waals surface area contributed by atoms with Crippen molar-refractivity contribution in [3.63, 3.8) is 0 Å². The summed E-state index contributed by atoms with van der Waals surface area (Å²) < 4.78 is 4.97. The maximum Gasteiger partial charge on any atom is 0.325 e. The van der Waals surface area contributed by atoms with Crippen LogP contribution >= 0.6 is 12.4 Å². The van der Waals surface area contributed by atoms with Crippen LogP contribution < -0.4 is 5.32 Å². The van der Waals surface area contributed by atoms with Gasteiger partial charge in [0.05, 0.1) is 6.61 Å². The molecule has 0 radical (unpaired) electrons. The van der Waals surface area contributed by atoms with E-state index in [1.54, 1.807) is 13.0 Å². The molecule has 1 aliphatic heterocycles. The molecule has 3 unspecified atom stereocenters. The van der Waals surface area contributed by atoms with Crippen LogP contribution in [0.5, 0.6) is 5.75 Å². The van der Waals surface area contributed by atoms with Crippen LogP contribution in [-0.2, 0) is 19.7 Å². The van der Waals surface area contributed by atoms with Gasteiger partial charge in [-0.1, -0.05) is 45.2 Å². The lowest BCUT2D eigenvalue weighted by atomic mass is 9.68. The number of ether oxygens (including phenoxy) is 1. The van der Waals surface area contributed by atoms with E-state index in [1.807, 2.05) is 12.1 Å². The third kappa shape index (κ3) is 7.35. The molecule has 3 atom stereocenters. The molecule has 7 heteroatoms. The van der Waals surface area contributed by atoms with Crippen molar-refractivity contribution in [3.05, 3.63) is 29.8 Å². The van der Waals surface area contributed by atoms with Gasteiger partial charge in [0.25, 0.3) is 0 Å². The SMILES string of the molecule is CCOC(=O)CNC(=O)C(CCN1CCC(C)(c2cccc(O)c2)C(C)C1)C1CCCCC1.Cl. The zero-order valence-corrected chi connectivity index (χ0v) is 21.9. The number of carbonyl (C=O) groups is 2. The number of rotatable bonds is 9. The number of likely N-dealkylation sites (tertiary alicyclic amines) is 1. The second-order valence-corrected chi connectivity index (χ2v) is 10.2. The van der Waals surface area contributed by atoms with Gasteiger partial charge in [-0.15, -0.1) is 12.4 Å². The van der Waals surface area contributed by atoms with Gasteiger partial charge in [-0.05, 0) is 80.6 Å². The molecule has 0 bridgehead atoms. The van der Waals surface area contributed by atoms with E-state index in [1.165, 1.54) is 24.8 Å². The highest BCUT2D eigenvalue weighted by Gasteiger charge is 2.38. The van der Waals surface area contributed by atoms with Crippen LogP contribution in [0.25, 0.3) is 0 Å². The Bertz CT molecular complexity index is 799. The molecule has 1 saturated heterocycles. The molecular formula is C27H43ClN2O4. The molecule has 1 heterocycles. The van der Waals surface area contributed by atoms with E-state index in [0.717, 1.165) is 45.3 Å². The first-order valence-electron chi connectivity index (χ1n) is 12.8. The van der Waals surface area contributed by atoms with Crippen molar-refractivity contribution in [3.8, 4) is 5.75 Å². The summed E-state index contributed by atoms with van der Waals surface area (Å²) in [4.78, 5) is 27.3. The Balaban J connectivity index is 0.00000408. The molecule has 192 valence electrons. The van der Waals surface area contributed by atoms with E-state index in [0.29, 0.717) is 24.2 Å². The number of halogens is 1. The van der Waals surface area contributed by atoms with Gasteiger partial charge < -0.3 is 20.1 Å². The third-order valence-corrected chi connectivity index (χ3v) is 8.10. The number of amides is 1. The number of nitrogens with zero attached hydrogens (tertiary/aromatic N) is 1. The van der Waals surface area contributed by atoms with Crippen LogP contribution in [-0.4, -0.2) is 54.7 Å². The minimum Gasteiger partial charge on any atom is -0.508 e. The highest BCUT2D eigenvalue weighted by Crippen LogP contribution is 2.40. The maximum atomic E-state index is 13.0. The zero-order valence-electron chi connectivity index (χ0n) is 21.1. The molecule has 1 saturated carbocycles. The van der Waals surface area contributed by atoms with Crippen LogP contribution in [0.3, 0.4) is 0 Å². The second kappa shape index (κ2) is 13.3. The first kappa shape index (κ1) is 28.4. The summed E-state index contributed by atoms with van der Waals surface area (Å²) >= 11 is 0. The van der Waals surface area contributed by atoms with Gasteiger partial charge in [0.15, 0.2) is 0 Å². The predicted molar refractivity (Wildman–Crippen MR) is 137 cm³/mol. The molecule has 2 N–H and O–H groups in total. The average Bonchev–Trinajstić information content (AvgIpc) is 2.81. The van der Waals surface area contributed by atoms with E-state index in [-0.39, 0.29) is 42.2 Å². The number of hydrogen-bond acceptors (Lipinski definition) is 5. The summed E-state index contributed by atoms with van der Waals surface area (Å²) in [5, 5.41) is 12.8. The summed E-state index contributed by atoms with van der Waals surface area (Å²) in [5.41, 5.74) is 1.24. The number of carbonyl (C=O) groups excluding carboxylic acids is 2. The summed E-state index contributed by atoms with van der Waals surface area (Å²) in [7, 11) is 0. The molecule has 0 aromatic heterocycles. The number of benzene rings is 1. The smallest absolute Gasteiger partial charge is 0.325 e. The van der Waals surface area contributed by atoms with Crippen molar-refractivity contribution in [1.82, 2.24) is 10.2 Å². The van der Waals surface area contributed by atoms with Crippen LogP contribution in [0, 0.1) is 17.8 Å². The van der Waals surface area contributed by atoms with Crippen molar-refractivity contribution in [2.45, 2.75) is 71.1 Å². The van der Waals surface area contributed by atoms with Gasteiger partial charge in [0.2, 0.25) is 5.91 Å². The molecule has 2 fully saturated rings. The molecule has 1 aromatic carbocycles. The molecule has 6 nitrogen and oxygen atoms in total. The number of phenols is 1. The molecule has 3 rings (SSSR count). The van der Waals surface area contributed by atoms with Crippen molar-refractivity contribution < 1.29 is 19.4 Å². The lowest BCUT2D eigenvalue weighted by molar-refractivity contribution is -0.144. The van der Waals surface area contributed by atoms with Gasteiger partial charge in [-0.2, -0.15) is 0 Å². The monoisotopic (exact) mass is 494 g/mol. The standard InChI is InChI=1S/C27H42N2O4.ClH/c1-4-33-25(31)18-28-26(32)24(21-9-6-5-7-10-21)13-15-29-16-14-27(3,20(2)19-29)22-11-8-12-23(30)17-22;/h8,11-12,17,20-21,24,30H,4-7,9-10,13-16,18-19H2,1-3H3,(H,28,32);1H. The normalized spacial score (nSPS) is 24.6. The Morgan fingerprint density at radius 1 is 1.26 bits per heavy atom. The summed E-state index contributed by atoms with van der Waals surface area (Å²) in [6.45, 7) is 9.52. The minimum atomic E-state index is -0.371. The Kier molecular flexibility index (Phi) is 11.2. The number of phenolic OH excluding ortho intramolecular Hbond substituents is 1. The fourth-order valence-corrected chi connectivity index (χ4v) is 5.75. The number of aromatic hydroxyl groups is 1. The number of hydrogen-bond donors (Lipinski definition) is 2. The number of piperidine rings is 1. The van der Waals surface area contributed by atoms with Crippen LogP contribution in [0.2, 0.25) is 0 Å². The summed E-state index contributed by atoms with van der Waals surface area (Å²) in [6.07, 6.45) is 7.69. The number of esters is 1. The Morgan fingerprint density at radius 2 is 2.00 bits per heavy atom. The van der Waals surface area contributed by atoms with E-state index >= 15 is 0 Å². The van der Waals surface area contributed by atoms with Crippen LogP contribution in [0.4, 0.5) is 0 Å². The van der Waals surface area contributed by atoms with Gasteiger partial charge in [0.1, 0.15) is 12.3 Å². The van der Waals surface area contributed by atoms with E-state index < -0.39 is 0 Å². The van der Waals surface area contributed by atoms with Crippen molar-refractivity contribution in [2.24, 2.45) is 17.8 Å². The topological polar surface area (TPSA) is 78.9 Å². The highest BCUT2D eigenvalue weighted by atomic mass is 35.5. The summed E-state index contributed by atoms with van der Waals surface area (Å²) in [5.74, 6) is 0.760. The van der Waals surface area contributed by atoms with Crippen molar-refractivity contribution in [1.29, 1.82) is 0 Å². The Morgan fingerprint density at radius 3 is 2.65 bits per heavy atom. The molecule has 1 aliphatic carbocycles. The first-order valence-corrected chi connectivity index (χ1v) is 12.8. The average molecular weight is 495 g/mol. The lowest BCUT2D eigenvalue weighted by Crippen LogP contribution is -2.48. The largest absolute Gasteiger partial charge is 0.508 e. The molecule has 34 heavy (non-hydrogen) atoms. The van der Waals surface area contributed by atoms with Gasteiger partial charge in [-0.3, -0.25) is 9.59 Å². The first-order chi connectivity index (χ1) is 15.8. The maximum absolute atomic E-state index is 13.0. The van der Waals surface area contributed by atoms with E-state index in [4.69, 9.17) is 4.74 Å². The van der Waals surface area contributed by atoms with Gasteiger partial charge in [0, 0.05) is 12.5 Å². The Labute approximate surface area is 211 Å². The fraction of sp³-hybridized carbons (Fsp3) is 0.704. The zero-order chi connectivity index (χ0) is 23.8. The fourth-order valence-electron chi connectivity index (χ4n) is 5.75. The molecule has 1 amide bonds. The molecule has 2 aliphatic rings. The van der Waals surface area contributed by atoms with Gasteiger partial charge >= 0.3 is 5.97 Å². The van der Waals surface area contributed by atoms with Crippen molar-refractivity contribution in [2.75, 3.05) is 32.8 Å². The molecular weight excluding hydrogens is 452 g/mol. The Hall–Kier alpha value is -1.79. The van der Waals surface area contributed by atoms with Crippen LogP contribution in [0.1, 0.15) is 71.3 Å². The van der Waals surface area contributed by atoms with Crippen molar-refractivity contribution >= 4 is 24.3 Å². The second-order valence-electron chi connectivity index (χ2n) is 10.2. The van der Waals surface area contributed by atoms with E-state index in [9.17, 15) is 14.7 Å². The lowest BCUT2D eigenvalue weighted by Gasteiger charge is -2.45.